The maximum atomic E-state index is 11.0. The van der Waals surface area contributed by atoms with Gasteiger partial charge in [0.2, 0.25) is 0 Å². The van der Waals surface area contributed by atoms with Crippen molar-refractivity contribution >= 4 is 0 Å². The molecule has 0 radical (unpaired) electrons. The van der Waals surface area contributed by atoms with Crippen LogP contribution in [0.1, 0.15) is 37.9 Å². The zero-order valence-electron chi connectivity index (χ0n) is 9.24. The highest BCUT2D eigenvalue weighted by Crippen LogP contribution is 2.59. The van der Waals surface area contributed by atoms with Gasteiger partial charge in [-0.15, -0.1) is 0 Å². The smallest absolute Gasteiger partial charge is 0.329 e. The second-order valence-electron chi connectivity index (χ2n) is 5.16. The molecule has 2 unspecified atom stereocenters. The molecule has 0 spiro atoms. The quantitative estimate of drug-likeness (QED) is 0.792. The van der Waals surface area contributed by atoms with E-state index in [1.807, 2.05) is 0 Å². The van der Waals surface area contributed by atoms with Crippen molar-refractivity contribution in [3.05, 3.63) is 16.4 Å². The normalized spacial score (nSPS) is 34.4. The Morgan fingerprint density at radius 2 is 2.25 bits per heavy atom. The van der Waals surface area contributed by atoms with Gasteiger partial charge in [0.25, 0.3) is 0 Å². The van der Waals surface area contributed by atoms with Crippen molar-refractivity contribution in [1.82, 2.24) is 10.1 Å². The molecule has 16 heavy (non-hydrogen) atoms. The van der Waals surface area contributed by atoms with E-state index in [1.165, 1.54) is 25.7 Å². The number of aromatic amines is 1. The van der Waals surface area contributed by atoms with Crippen LogP contribution in [-0.2, 0) is 5.41 Å². The number of hydrogen-bond donors (Lipinski definition) is 2. The van der Waals surface area contributed by atoms with Gasteiger partial charge in [-0.1, -0.05) is 30.8 Å². The molecule has 3 rings (SSSR count). The van der Waals surface area contributed by atoms with Gasteiger partial charge in [-0.05, 0) is 18.3 Å². The van der Waals surface area contributed by atoms with Crippen molar-refractivity contribution in [2.75, 3.05) is 6.54 Å². The topological polar surface area (TPSA) is 84.9 Å². The molecule has 2 aliphatic carbocycles. The van der Waals surface area contributed by atoms with E-state index in [0.717, 1.165) is 12.3 Å². The van der Waals surface area contributed by atoms with Crippen LogP contribution in [0.2, 0.25) is 0 Å². The number of aromatic nitrogens is 2. The molecular weight excluding hydrogens is 206 g/mol. The fourth-order valence-corrected chi connectivity index (χ4v) is 3.36. The molecule has 1 aromatic heterocycles. The molecule has 2 saturated carbocycles. The second kappa shape index (κ2) is 3.45. The van der Waals surface area contributed by atoms with E-state index in [1.54, 1.807) is 0 Å². The Bertz CT molecular complexity index is 432. The van der Waals surface area contributed by atoms with Gasteiger partial charge in [-0.2, -0.15) is 0 Å². The van der Waals surface area contributed by atoms with Crippen molar-refractivity contribution in [3.63, 3.8) is 0 Å². The van der Waals surface area contributed by atoms with Gasteiger partial charge < -0.3 is 5.73 Å². The van der Waals surface area contributed by atoms with Crippen molar-refractivity contribution in [1.29, 1.82) is 0 Å². The Morgan fingerprint density at radius 1 is 1.50 bits per heavy atom. The van der Waals surface area contributed by atoms with Crippen molar-refractivity contribution < 1.29 is 4.52 Å². The van der Waals surface area contributed by atoms with Crippen molar-refractivity contribution in [2.24, 2.45) is 17.6 Å². The molecule has 2 aliphatic rings. The Hall–Kier alpha value is -1.10. The fourth-order valence-electron chi connectivity index (χ4n) is 3.36. The van der Waals surface area contributed by atoms with E-state index in [2.05, 4.69) is 14.7 Å². The first kappa shape index (κ1) is 10.1. The van der Waals surface area contributed by atoms with Gasteiger partial charge in [-0.25, -0.2) is 4.79 Å². The van der Waals surface area contributed by atoms with Crippen LogP contribution < -0.4 is 11.5 Å². The molecule has 0 aromatic carbocycles. The van der Waals surface area contributed by atoms with E-state index in [-0.39, 0.29) is 5.41 Å². The second-order valence-corrected chi connectivity index (χ2v) is 5.16. The van der Waals surface area contributed by atoms with Crippen molar-refractivity contribution in [2.45, 2.75) is 37.5 Å². The van der Waals surface area contributed by atoms with E-state index >= 15 is 0 Å². The molecule has 88 valence electrons. The standard InChI is InChI=1S/C11H17N3O2/c12-6-11(9-13-10(15)16-14-9)5-8(11)7-3-1-2-4-7/h7-8H,1-6,12H2,(H,13,14,15). The largest absolute Gasteiger partial charge is 0.438 e. The molecule has 1 heterocycles. The van der Waals surface area contributed by atoms with Gasteiger partial charge in [0.1, 0.15) is 0 Å². The summed E-state index contributed by atoms with van der Waals surface area (Å²) in [6.45, 7) is 0.552. The lowest BCUT2D eigenvalue weighted by Crippen LogP contribution is -2.26. The number of nitrogens with one attached hydrogen (secondary N) is 1. The third-order valence-corrected chi connectivity index (χ3v) is 4.38. The highest BCUT2D eigenvalue weighted by atomic mass is 16.5. The molecule has 3 N–H and O–H groups in total. The van der Waals surface area contributed by atoms with Crippen LogP contribution in [0.3, 0.4) is 0 Å². The number of H-pyrrole nitrogens is 1. The summed E-state index contributed by atoms with van der Waals surface area (Å²) in [7, 11) is 0. The molecule has 0 saturated heterocycles. The van der Waals surface area contributed by atoms with E-state index < -0.39 is 5.76 Å². The minimum atomic E-state index is -0.472. The summed E-state index contributed by atoms with van der Waals surface area (Å²) in [6.07, 6.45) is 6.31. The molecule has 2 atom stereocenters. The minimum Gasteiger partial charge on any atom is -0.329 e. The van der Waals surface area contributed by atoms with Crippen LogP contribution in [0.5, 0.6) is 0 Å². The summed E-state index contributed by atoms with van der Waals surface area (Å²) in [6, 6.07) is 0. The predicted octanol–water partition coefficient (Wildman–Crippen LogP) is 0.769. The Morgan fingerprint density at radius 3 is 2.81 bits per heavy atom. The highest BCUT2D eigenvalue weighted by Gasteiger charge is 2.60. The third kappa shape index (κ3) is 1.34. The summed E-state index contributed by atoms with van der Waals surface area (Å²) in [4.78, 5) is 13.7. The number of nitrogens with two attached hydrogens (primary N) is 1. The summed E-state index contributed by atoms with van der Waals surface area (Å²) in [5, 5.41) is 3.82. The summed E-state index contributed by atoms with van der Waals surface area (Å²) in [5.41, 5.74) is 5.77. The first-order valence-corrected chi connectivity index (χ1v) is 6.03. The molecule has 5 nitrogen and oxygen atoms in total. The Balaban J connectivity index is 1.84. The van der Waals surface area contributed by atoms with Crippen LogP contribution in [0.25, 0.3) is 0 Å². The number of nitrogens with zero attached hydrogens (tertiary/aromatic N) is 1. The van der Waals surface area contributed by atoms with Crippen LogP contribution in [0.4, 0.5) is 0 Å². The average molecular weight is 223 g/mol. The van der Waals surface area contributed by atoms with Crippen LogP contribution in [0.15, 0.2) is 9.32 Å². The lowest BCUT2D eigenvalue weighted by atomic mass is 9.93. The van der Waals surface area contributed by atoms with Gasteiger partial charge in [-0.3, -0.25) is 9.51 Å². The average Bonchev–Trinajstić information content (AvgIpc) is 2.72. The molecule has 0 aliphatic heterocycles. The summed E-state index contributed by atoms with van der Waals surface area (Å²) >= 11 is 0. The van der Waals surface area contributed by atoms with Crippen LogP contribution in [-0.4, -0.2) is 16.7 Å². The SMILES string of the molecule is NCC1(c2noc(=O)[nH]2)CC1C1CCCC1. The first-order valence-electron chi connectivity index (χ1n) is 6.03. The molecule has 0 bridgehead atoms. The Kier molecular flexibility index (Phi) is 2.17. The zero-order valence-corrected chi connectivity index (χ0v) is 9.24. The maximum Gasteiger partial charge on any atom is 0.438 e. The molecule has 0 amide bonds. The minimum absolute atomic E-state index is 0.0961. The highest BCUT2D eigenvalue weighted by molar-refractivity contribution is 5.23. The van der Waals surface area contributed by atoms with Crippen LogP contribution >= 0.6 is 0 Å². The number of rotatable bonds is 3. The third-order valence-electron chi connectivity index (χ3n) is 4.38. The summed E-state index contributed by atoms with van der Waals surface area (Å²) in [5.74, 6) is 1.56. The van der Waals surface area contributed by atoms with Crippen LogP contribution in [0, 0.1) is 11.8 Å². The van der Waals surface area contributed by atoms with Gasteiger partial charge in [0, 0.05) is 12.0 Å². The first-order chi connectivity index (χ1) is 7.76. The molecular formula is C11H17N3O2. The van der Waals surface area contributed by atoms with Crippen molar-refractivity contribution in [3.8, 4) is 0 Å². The molecule has 5 heteroatoms. The lowest BCUT2D eigenvalue weighted by Gasteiger charge is -2.14. The zero-order chi connectivity index (χ0) is 11.2. The Labute approximate surface area is 93.4 Å². The lowest BCUT2D eigenvalue weighted by molar-refractivity contribution is 0.364. The molecule has 2 fully saturated rings. The summed E-state index contributed by atoms with van der Waals surface area (Å²) < 4.78 is 4.59. The number of hydrogen-bond acceptors (Lipinski definition) is 4. The van der Waals surface area contributed by atoms with Gasteiger partial charge >= 0.3 is 5.76 Å². The van der Waals surface area contributed by atoms with E-state index in [9.17, 15) is 4.79 Å². The fraction of sp³-hybridized carbons (Fsp3) is 0.818. The van der Waals surface area contributed by atoms with E-state index in [0.29, 0.717) is 18.3 Å². The van der Waals surface area contributed by atoms with Gasteiger partial charge in [0.05, 0.1) is 0 Å². The molecule has 1 aromatic rings. The maximum absolute atomic E-state index is 11.0. The van der Waals surface area contributed by atoms with E-state index in [4.69, 9.17) is 5.73 Å². The predicted molar refractivity (Wildman–Crippen MR) is 57.9 cm³/mol. The monoisotopic (exact) mass is 223 g/mol. The van der Waals surface area contributed by atoms with Gasteiger partial charge in [0.15, 0.2) is 5.82 Å².